The third kappa shape index (κ3) is 4.53. The molecule has 0 radical (unpaired) electrons. The fourth-order valence-electron chi connectivity index (χ4n) is 3.28. The molecule has 8 nitrogen and oxygen atoms in total. The van der Waals surface area contributed by atoms with Crippen molar-refractivity contribution in [2.75, 3.05) is 5.43 Å². The van der Waals surface area contributed by atoms with Crippen LogP contribution in [0.2, 0.25) is 0 Å². The van der Waals surface area contributed by atoms with E-state index in [9.17, 15) is 9.59 Å². The minimum Gasteiger partial charge on any atom is -0.303 e. The monoisotopic (exact) mass is 414 g/mol. The molecule has 0 saturated heterocycles. The second kappa shape index (κ2) is 9.08. The van der Waals surface area contributed by atoms with E-state index in [0.717, 1.165) is 11.1 Å². The Balaban J connectivity index is 1.63. The molecule has 8 heteroatoms. The van der Waals surface area contributed by atoms with E-state index < -0.39 is 11.2 Å². The van der Waals surface area contributed by atoms with E-state index in [2.05, 4.69) is 20.5 Å². The summed E-state index contributed by atoms with van der Waals surface area (Å²) in [5.74, 6) is 0.391. The van der Waals surface area contributed by atoms with Gasteiger partial charge < -0.3 is 4.57 Å². The van der Waals surface area contributed by atoms with Crippen LogP contribution in [0.5, 0.6) is 0 Å². The first-order valence-electron chi connectivity index (χ1n) is 9.88. The summed E-state index contributed by atoms with van der Waals surface area (Å²) in [4.78, 5) is 31.3. The van der Waals surface area contributed by atoms with Crippen LogP contribution >= 0.6 is 0 Å². The van der Waals surface area contributed by atoms with Crippen LogP contribution in [0.3, 0.4) is 0 Å². The Hall–Kier alpha value is -4.20. The van der Waals surface area contributed by atoms with Crippen LogP contribution in [0, 0.1) is 0 Å². The summed E-state index contributed by atoms with van der Waals surface area (Å²) in [5, 5.41) is 4.20. The van der Waals surface area contributed by atoms with Gasteiger partial charge >= 0.3 is 5.69 Å². The molecule has 4 aromatic rings. The molecule has 0 aliphatic carbocycles. The van der Waals surface area contributed by atoms with Gasteiger partial charge in [-0.25, -0.2) is 10.2 Å². The van der Waals surface area contributed by atoms with E-state index in [1.807, 2.05) is 72.8 Å². The number of aryl methyl sites for hydroxylation is 3. The van der Waals surface area contributed by atoms with Crippen molar-refractivity contribution in [3.05, 3.63) is 98.7 Å². The molecule has 0 aliphatic rings. The fraction of sp³-hybridized carbons (Fsp3) is 0.130. The highest BCUT2D eigenvalue weighted by Gasteiger charge is 2.17. The molecule has 2 aromatic heterocycles. The molecule has 4 rings (SSSR count). The Morgan fingerprint density at radius 3 is 2.52 bits per heavy atom. The predicted molar refractivity (Wildman–Crippen MR) is 123 cm³/mol. The Labute approximate surface area is 178 Å². The maximum absolute atomic E-state index is 12.5. The molecule has 156 valence electrons. The number of hydrogen-bond acceptors (Lipinski definition) is 5. The van der Waals surface area contributed by atoms with Crippen LogP contribution in [0.25, 0.3) is 17.2 Å². The first kappa shape index (κ1) is 20.1. The Morgan fingerprint density at radius 1 is 1.06 bits per heavy atom. The Morgan fingerprint density at radius 2 is 1.77 bits per heavy atom. The van der Waals surface area contributed by atoms with E-state index in [-0.39, 0.29) is 0 Å². The van der Waals surface area contributed by atoms with Gasteiger partial charge in [-0.15, -0.1) is 0 Å². The van der Waals surface area contributed by atoms with E-state index in [1.54, 1.807) is 17.8 Å². The lowest BCUT2D eigenvalue weighted by Gasteiger charge is -2.08. The van der Waals surface area contributed by atoms with E-state index in [0.29, 0.717) is 30.1 Å². The van der Waals surface area contributed by atoms with Crippen molar-refractivity contribution in [2.24, 2.45) is 12.1 Å². The van der Waals surface area contributed by atoms with Gasteiger partial charge in [0, 0.05) is 19.8 Å². The number of imidazole rings is 1. The lowest BCUT2D eigenvalue weighted by Crippen LogP contribution is -2.29. The third-order valence-electron chi connectivity index (χ3n) is 4.89. The number of hydrogen-bond donors (Lipinski definition) is 2. The van der Waals surface area contributed by atoms with Crippen molar-refractivity contribution in [3.63, 3.8) is 0 Å². The fourth-order valence-corrected chi connectivity index (χ4v) is 3.28. The highest BCUT2D eigenvalue weighted by molar-refractivity contribution is 5.79. The highest BCUT2D eigenvalue weighted by atomic mass is 16.2. The largest absolute Gasteiger partial charge is 0.329 e. The van der Waals surface area contributed by atoms with Crippen LogP contribution in [-0.2, 0) is 20.0 Å². The summed E-state index contributed by atoms with van der Waals surface area (Å²) in [5.41, 5.74) is 4.75. The lowest BCUT2D eigenvalue weighted by atomic mass is 10.1. The molecular weight excluding hydrogens is 392 g/mol. The third-order valence-corrected chi connectivity index (χ3v) is 4.89. The maximum atomic E-state index is 12.5. The molecule has 31 heavy (non-hydrogen) atoms. The second-order valence-corrected chi connectivity index (χ2v) is 6.97. The zero-order valence-corrected chi connectivity index (χ0v) is 17.0. The summed E-state index contributed by atoms with van der Waals surface area (Å²) in [6.07, 6.45) is 6.04. The van der Waals surface area contributed by atoms with Gasteiger partial charge in [0.05, 0.1) is 0 Å². The van der Waals surface area contributed by atoms with Gasteiger partial charge in [-0.2, -0.15) is 10.1 Å². The van der Waals surface area contributed by atoms with Gasteiger partial charge in [0.15, 0.2) is 11.2 Å². The van der Waals surface area contributed by atoms with Gasteiger partial charge in [-0.05, 0) is 23.6 Å². The standard InChI is InChI=1S/C23H22N6O2/c1-28-20-19(21(30)26-23(28)31)29(16-14-18-11-6-3-7-12-18)22(25-20)27-24-15-8-13-17-9-4-2-5-10-17/h2-13,15H,14,16H2,1H3,(H,25,27)(H,26,30,31). The van der Waals surface area contributed by atoms with Crippen molar-refractivity contribution in [1.29, 1.82) is 0 Å². The van der Waals surface area contributed by atoms with Crippen molar-refractivity contribution >= 4 is 29.4 Å². The molecule has 0 saturated carbocycles. The van der Waals surface area contributed by atoms with Crippen molar-refractivity contribution in [1.82, 2.24) is 19.1 Å². The molecule has 0 aliphatic heterocycles. The first-order valence-corrected chi connectivity index (χ1v) is 9.88. The zero-order valence-electron chi connectivity index (χ0n) is 17.0. The first-order chi connectivity index (χ1) is 15.1. The molecule has 0 bridgehead atoms. The summed E-state index contributed by atoms with van der Waals surface area (Å²) >= 11 is 0. The molecular formula is C23H22N6O2. The van der Waals surface area contributed by atoms with Crippen LogP contribution in [0.15, 0.2) is 81.4 Å². The zero-order chi connectivity index (χ0) is 21.6. The van der Waals surface area contributed by atoms with Gasteiger partial charge in [0.1, 0.15) is 0 Å². The smallest absolute Gasteiger partial charge is 0.303 e. The van der Waals surface area contributed by atoms with Crippen LogP contribution in [0.4, 0.5) is 5.95 Å². The molecule has 0 atom stereocenters. The molecule has 0 amide bonds. The van der Waals surface area contributed by atoms with Gasteiger partial charge in [-0.1, -0.05) is 66.7 Å². The van der Waals surface area contributed by atoms with Crippen molar-refractivity contribution in [2.45, 2.75) is 13.0 Å². The summed E-state index contributed by atoms with van der Waals surface area (Å²) < 4.78 is 3.07. The van der Waals surface area contributed by atoms with E-state index >= 15 is 0 Å². The maximum Gasteiger partial charge on any atom is 0.329 e. The van der Waals surface area contributed by atoms with Gasteiger partial charge in [0.25, 0.3) is 5.56 Å². The average molecular weight is 414 g/mol. The molecule has 0 fully saturated rings. The average Bonchev–Trinajstić information content (AvgIpc) is 3.16. The van der Waals surface area contributed by atoms with E-state index in [1.165, 1.54) is 4.57 Å². The number of rotatable bonds is 7. The Bertz CT molecular complexity index is 1350. The van der Waals surface area contributed by atoms with Crippen molar-refractivity contribution in [3.8, 4) is 0 Å². The van der Waals surface area contributed by atoms with Crippen LogP contribution < -0.4 is 16.7 Å². The Kier molecular flexibility index (Phi) is 5.89. The normalized spacial score (nSPS) is 11.6. The second-order valence-electron chi connectivity index (χ2n) is 6.97. The SMILES string of the molecule is Cn1c(=O)[nH]c(=O)c2c1nc(NN=CC=Cc1ccccc1)n2CCc1ccccc1. The topological polar surface area (TPSA) is 97.1 Å². The number of nitrogens with one attached hydrogen (secondary N) is 2. The van der Waals surface area contributed by atoms with E-state index in [4.69, 9.17) is 0 Å². The molecule has 2 N–H and O–H groups in total. The van der Waals surface area contributed by atoms with Crippen LogP contribution in [0.1, 0.15) is 11.1 Å². The number of hydrazone groups is 1. The van der Waals surface area contributed by atoms with Gasteiger partial charge in [-0.3, -0.25) is 14.3 Å². The number of fused-ring (bicyclic) bond motifs is 1. The number of aromatic nitrogens is 4. The molecule has 0 spiro atoms. The number of nitrogens with zero attached hydrogens (tertiary/aromatic N) is 4. The summed E-state index contributed by atoms with van der Waals surface area (Å²) in [6, 6.07) is 19.8. The van der Waals surface area contributed by atoms with Crippen molar-refractivity contribution < 1.29 is 0 Å². The minimum atomic E-state index is -0.508. The molecule has 2 aromatic carbocycles. The lowest BCUT2D eigenvalue weighted by molar-refractivity contribution is 0.716. The van der Waals surface area contributed by atoms with Gasteiger partial charge in [0.2, 0.25) is 5.95 Å². The summed E-state index contributed by atoms with van der Waals surface area (Å²) in [6.45, 7) is 0.500. The number of anilines is 1. The highest BCUT2D eigenvalue weighted by Crippen LogP contribution is 2.16. The number of H-pyrrole nitrogens is 1. The minimum absolute atomic E-state index is 0.305. The number of benzene rings is 2. The molecule has 0 unspecified atom stereocenters. The molecule has 2 heterocycles. The summed E-state index contributed by atoms with van der Waals surface area (Å²) in [7, 11) is 1.57. The van der Waals surface area contributed by atoms with Crippen LogP contribution in [-0.4, -0.2) is 25.3 Å². The number of allylic oxidation sites excluding steroid dienone is 1. The number of aromatic amines is 1. The predicted octanol–water partition coefficient (Wildman–Crippen LogP) is 2.78. The quantitative estimate of drug-likeness (QED) is 0.359.